The third-order valence-corrected chi connectivity index (χ3v) is 7.73. The number of fused-ring (bicyclic) bond motifs is 1. The number of esters is 1. The van der Waals surface area contributed by atoms with Crippen LogP contribution in [0.15, 0.2) is 47.2 Å². The van der Waals surface area contributed by atoms with Crippen molar-refractivity contribution in [2.75, 3.05) is 26.2 Å². The molecule has 0 N–H and O–H groups in total. The molecule has 1 aromatic heterocycles. The summed E-state index contributed by atoms with van der Waals surface area (Å²) >= 11 is 1.62. The molecule has 2 fully saturated rings. The average Bonchev–Trinajstić information content (AvgIpc) is 3.54. The lowest BCUT2D eigenvalue weighted by atomic mass is 9.78. The highest BCUT2D eigenvalue weighted by Crippen LogP contribution is 2.41. The van der Waals surface area contributed by atoms with E-state index in [9.17, 15) is 14.4 Å². The third-order valence-electron chi connectivity index (χ3n) is 7.03. The zero-order valence-electron chi connectivity index (χ0n) is 17.9. The van der Waals surface area contributed by atoms with Gasteiger partial charge in [-0.2, -0.15) is 11.3 Å². The third kappa shape index (κ3) is 4.09. The highest BCUT2D eigenvalue weighted by molar-refractivity contribution is 7.08. The molecule has 0 aliphatic carbocycles. The zero-order valence-corrected chi connectivity index (χ0v) is 18.7. The van der Waals surface area contributed by atoms with Gasteiger partial charge in [-0.1, -0.05) is 18.2 Å². The first-order chi connectivity index (χ1) is 15.5. The Kier molecular flexibility index (Phi) is 5.59. The topological polar surface area (TPSA) is 66.9 Å². The molecular formula is C25H26N2O4S. The Labute approximate surface area is 191 Å². The van der Waals surface area contributed by atoms with Crippen LogP contribution in [0, 0.1) is 5.41 Å². The van der Waals surface area contributed by atoms with Crippen molar-refractivity contribution >= 4 is 35.2 Å². The number of hydrogen-bond acceptors (Lipinski definition) is 5. The molecule has 166 valence electrons. The van der Waals surface area contributed by atoms with Gasteiger partial charge in [-0.3, -0.25) is 9.59 Å². The Morgan fingerprint density at radius 1 is 1.09 bits per heavy atom. The van der Waals surface area contributed by atoms with Crippen molar-refractivity contribution in [2.45, 2.75) is 31.8 Å². The number of cyclic esters (lactones) is 1. The van der Waals surface area contributed by atoms with E-state index >= 15 is 0 Å². The molecule has 6 nitrogen and oxygen atoms in total. The number of piperidine rings is 1. The second-order valence-electron chi connectivity index (χ2n) is 8.97. The van der Waals surface area contributed by atoms with E-state index in [1.165, 1.54) is 0 Å². The van der Waals surface area contributed by atoms with Gasteiger partial charge in [0.1, 0.15) is 6.10 Å². The summed E-state index contributed by atoms with van der Waals surface area (Å²) in [6.45, 7) is 2.90. The lowest BCUT2D eigenvalue weighted by Crippen LogP contribution is -2.44. The van der Waals surface area contributed by atoms with E-state index in [0.717, 1.165) is 56.6 Å². The highest BCUT2D eigenvalue weighted by Gasteiger charge is 2.43. The highest BCUT2D eigenvalue weighted by atomic mass is 32.1. The standard InChI is InChI=1S/C25H26N2O4S/c28-22(6-5-18-7-14-32-16-18)26-11-8-25(9-12-26)10-13-27(17-25)23(29)15-21-19-3-1-2-4-20(19)24(30)31-21/h1-7,14,16,21H,8-13,15,17H2. The van der Waals surface area contributed by atoms with Gasteiger partial charge in [-0.05, 0) is 59.2 Å². The monoisotopic (exact) mass is 450 g/mol. The van der Waals surface area contributed by atoms with Crippen molar-refractivity contribution in [3.63, 3.8) is 0 Å². The number of amides is 2. The SMILES string of the molecule is O=C1OC(CC(=O)N2CCC3(CCN(C(=O)C=Cc4ccsc4)CC3)C2)c2ccccc21. The van der Waals surface area contributed by atoms with Crippen LogP contribution in [-0.4, -0.2) is 53.8 Å². The predicted octanol–water partition coefficient (Wildman–Crippen LogP) is 3.90. The minimum Gasteiger partial charge on any atom is -0.453 e. The summed E-state index contributed by atoms with van der Waals surface area (Å²) in [5.74, 6) is -0.256. The van der Waals surface area contributed by atoms with Crippen LogP contribution < -0.4 is 0 Å². The molecule has 32 heavy (non-hydrogen) atoms. The number of benzene rings is 1. The summed E-state index contributed by atoms with van der Waals surface area (Å²) in [5, 5.41) is 4.02. The Balaban J connectivity index is 1.14. The van der Waals surface area contributed by atoms with E-state index in [1.807, 2.05) is 50.9 Å². The van der Waals surface area contributed by atoms with E-state index in [1.54, 1.807) is 23.5 Å². The average molecular weight is 451 g/mol. The fourth-order valence-electron chi connectivity index (χ4n) is 5.06. The molecule has 1 atom stereocenters. The summed E-state index contributed by atoms with van der Waals surface area (Å²) in [6, 6.07) is 9.28. The van der Waals surface area contributed by atoms with Gasteiger partial charge in [0.25, 0.3) is 0 Å². The Morgan fingerprint density at radius 3 is 2.59 bits per heavy atom. The summed E-state index contributed by atoms with van der Waals surface area (Å²) in [6.07, 6.45) is 6.02. The first kappa shape index (κ1) is 20.9. The smallest absolute Gasteiger partial charge is 0.339 e. The Bertz CT molecular complexity index is 1050. The van der Waals surface area contributed by atoms with Gasteiger partial charge in [-0.15, -0.1) is 0 Å². The number of ether oxygens (including phenoxy) is 1. The largest absolute Gasteiger partial charge is 0.453 e. The molecular weight excluding hydrogens is 424 g/mol. The molecule has 1 unspecified atom stereocenters. The van der Waals surface area contributed by atoms with Crippen LogP contribution in [0.25, 0.3) is 6.08 Å². The van der Waals surface area contributed by atoms with Crippen LogP contribution in [0.3, 0.4) is 0 Å². The maximum Gasteiger partial charge on any atom is 0.339 e. The van der Waals surface area contributed by atoms with E-state index < -0.39 is 6.10 Å². The van der Waals surface area contributed by atoms with Crippen molar-refractivity contribution < 1.29 is 19.1 Å². The van der Waals surface area contributed by atoms with Crippen molar-refractivity contribution in [1.82, 2.24) is 9.80 Å². The number of carbonyl (C=O) groups is 3. The number of hydrogen-bond donors (Lipinski definition) is 0. The molecule has 2 aromatic rings. The first-order valence-electron chi connectivity index (χ1n) is 11.1. The minimum absolute atomic E-state index is 0.0357. The van der Waals surface area contributed by atoms with Gasteiger partial charge >= 0.3 is 5.97 Å². The van der Waals surface area contributed by atoms with Crippen LogP contribution in [0.5, 0.6) is 0 Å². The van der Waals surface area contributed by atoms with Gasteiger partial charge in [0.2, 0.25) is 11.8 Å². The number of carbonyl (C=O) groups excluding carboxylic acids is 3. The van der Waals surface area contributed by atoms with Gasteiger partial charge in [0, 0.05) is 37.8 Å². The molecule has 0 saturated carbocycles. The van der Waals surface area contributed by atoms with Crippen molar-refractivity contribution in [3.8, 4) is 0 Å². The van der Waals surface area contributed by atoms with Crippen molar-refractivity contribution in [3.05, 3.63) is 63.9 Å². The van der Waals surface area contributed by atoms with Gasteiger partial charge < -0.3 is 14.5 Å². The first-order valence-corrected chi connectivity index (χ1v) is 12.0. The summed E-state index contributed by atoms with van der Waals surface area (Å²) in [7, 11) is 0. The van der Waals surface area contributed by atoms with Crippen LogP contribution in [-0.2, 0) is 14.3 Å². The zero-order chi connectivity index (χ0) is 22.1. The predicted molar refractivity (Wildman–Crippen MR) is 122 cm³/mol. The summed E-state index contributed by atoms with van der Waals surface area (Å²) in [5.41, 5.74) is 2.51. The van der Waals surface area contributed by atoms with E-state index in [4.69, 9.17) is 4.74 Å². The van der Waals surface area contributed by atoms with Gasteiger partial charge in [-0.25, -0.2) is 4.79 Å². The molecule has 1 spiro atoms. The number of nitrogens with zero attached hydrogens (tertiary/aromatic N) is 2. The van der Waals surface area contributed by atoms with E-state index in [0.29, 0.717) is 5.56 Å². The molecule has 5 rings (SSSR count). The quantitative estimate of drug-likeness (QED) is 0.523. The maximum absolute atomic E-state index is 13.0. The lowest BCUT2D eigenvalue weighted by molar-refractivity contribution is -0.133. The number of likely N-dealkylation sites (tertiary alicyclic amines) is 2. The van der Waals surface area contributed by atoms with Crippen LogP contribution >= 0.6 is 11.3 Å². The van der Waals surface area contributed by atoms with Crippen LogP contribution in [0.2, 0.25) is 0 Å². The molecule has 0 bridgehead atoms. The van der Waals surface area contributed by atoms with Gasteiger partial charge in [0.05, 0.1) is 12.0 Å². The molecule has 2 amide bonds. The van der Waals surface area contributed by atoms with Gasteiger partial charge in [0.15, 0.2) is 0 Å². The molecule has 7 heteroatoms. The normalized spacial score (nSPS) is 21.9. The number of thiophene rings is 1. The Morgan fingerprint density at radius 2 is 1.84 bits per heavy atom. The van der Waals surface area contributed by atoms with E-state index in [-0.39, 0.29) is 29.6 Å². The lowest BCUT2D eigenvalue weighted by Gasteiger charge is -2.39. The second kappa shape index (κ2) is 8.54. The van der Waals surface area contributed by atoms with Crippen molar-refractivity contribution in [2.24, 2.45) is 5.41 Å². The fourth-order valence-corrected chi connectivity index (χ4v) is 5.69. The van der Waals surface area contributed by atoms with E-state index in [2.05, 4.69) is 0 Å². The second-order valence-corrected chi connectivity index (χ2v) is 9.75. The van der Waals surface area contributed by atoms with Crippen LogP contribution in [0.4, 0.5) is 0 Å². The summed E-state index contributed by atoms with van der Waals surface area (Å²) < 4.78 is 5.45. The molecule has 3 aliphatic rings. The molecule has 2 saturated heterocycles. The summed E-state index contributed by atoms with van der Waals surface area (Å²) in [4.78, 5) is 41.4. The minimum atomic E-state index is -0.489. The van der Waals surface area contributed by atoms with Crippen LogP contribution in [0.1, 0.15) is 53.3 Å². The molecule has 0 radical (unpaired) electrons. The molecule has 3 aliphatic heterocycles. The maximum atomic E-state index is 13.0. The number of rotatable bonds is 4. The fraction of sp³-hybridized carbons (Fsp3) is 0.400. The molecule has 4 heterocycles. The van der Waals surface area contributed by atoms with Crippen molar-refractivity contribution in [1.29, 1.82) is 0 Å². The molecule has 1 aromatic carbocycles. The Hall–Kier alpha value is -2.93.